The lowest BCUT2D eigenvalue weighted by atomic mass is 9.97. The van der Waals surface area contributed by atoms with E-state index in [2.05, 4.69) is 372 Å². The second-order valence-electron chi connectivity index (χ2n) is 29.8. The molecule has 0 unspecified atom stereocenters. The van der Waals surface area contributed by atoms with Gasteiger partial charge in [0.15, 0.2) is 0 Å². The number of rotatable bonds is 14. The molecule has 0 N–H and O–H groups in total. The molecule has 0 bridgehead atoms. The van der Waals surface area contributed by atoms with Gasteiger partial charge in [0, 0.05) is 89.8 Å². The molecule has 0 radical (unpaired) electrons. The SMILES string of the molecule is Cc1c(C)c2ccc(-c3ccc(P(=S)(c4ccccc4)c4ccccc4)cc3)nc2c2nc(-c3ccccc3)ccc12.S=P(c1ccccc1)(c1ccccc1)c1ccc(-c2ccc3ccc4ccc(-c5ccccc5)nc4c3n2)cc1.S=P(c1ccccc1)(c1ccccc1)c1ccc(-c2nc3c(ccc4cccnc43)c3ccccc23)cc1. The highest BCUT2D eigenvalue weighted by atomic mass is 32.4. The minimum atomic E-state index is -2.20. The summed E-state index contributed by atoms with van der Waals surface area (Å²) in [7, 11) is 0. The van der Waals surface area contributed by atoms with Crippen LogP contribution in [0.15, 0.2) is 431 Å². The molecule has 0 saturated carbocycles. The first-order valence-electron chi connectivity index (χ1n) is 40.0. The molecule has 0 aliphatic carbocycles. The van der Waals surface area contributed by atoms with Crippen molar-refractivity contribution in [3.63, 3.8) is 0 Å². The summed E-state index contributed by atoms with van der Waals surface area (Å²) in [6.07, 6.45) is 1.84. The summed E-state index contributed by atoms with van der Waals surface area (Å²) in [6, 6.07) is 142. The van der Waals surface area contributed by atoms with Crippen molar-refractivity contribution in [1.29, 1.82) is 0 Å². The first kappa shape index (κ1) is 76.9. The smallest absolute Gasteiger partial charge is 0.0978 e. The van der Waals surface area contributed by atoms with Gasteiger partial charge in [-0.3, -0.25) is 4.98 Å². The lowest BCUT2D eigenvalue weighted by Gasteiger charge is -2.24. The molecule has 6 heterocycles. The van der Waals surface area contributed by atoms with Crippen LogP contribution in [0, 0.1) is 13.8 Å². The van der Waals surface area contributed by atoms with Crippen molar-refractivity contribution in [2.75, 3.05) is 0 Å². The van der Waals surface area contributed by atoms with Gasteiger partial charge in [0.1, 0.15) is 0 Å². The normalized spacial score (nSPS) is 11.7. The van der Waals surface area contributed by atoms with Crippen molar-refractivity contribution in [3.8, 4) is 56.3 Å². The average Bonchev–Trinajstić information content (AvgIpc) is 0.740. The quantitative estimate of drug-likeness (QED) is 0.0781. The summed E-state index contributed by atoms with van der Waals surface area (Å²) in [6.45, 7) is 4.36. The Morgan fingerprint density at radius 1 is 0.183 bits per heavy atom. The Kier molecular flexibility index (Phi) is 21.4. The second-order valence-corrected chi connectivity index (χ2v) is 43.0. The van der Waals surface area contributed by atoms with E-state index in [-0.39, 0.29) is 0 Å². The number of pyridine rings is 6. The Bertz CT molecular complexity index is 7400. The molecule has 572 valence electrons. The van der Waals surface area contributed by atoms with Crippen LogP contribution >= 0.6 is 18.1 Å². The lowest BCUT2D eigenvalue weighted by Crippen LogP contribution is -2.24. The fourth-order valence-electron chi connectivity index (χ4n) is 16.4. The molecule has 0 aliphatic rings. The number of hydrogen-bond acceptors (Lipinski definition) is 9. The first-order chi connectivity index (χ1) is 59.0. The van der Waals surface area contributed by atoms with E-state index in [9.17, 15) is 0 Å². The Morgan fingerprint density at radius 2 is 0.442 bits per heavy atom. The highest BCUT2D eigenvalue weighted by Crippen LogP contribution is 2.47. The summed E-state index contributed by atoms with van der Waals surface area (Å²) in [5.41, 5.74) is 18.2. The van der Waals surface area contributed by atoms with E-state index in [1.165, 1.54) is 64.3 Å². The molecule has 0 aliphatic heterocycles. The maximum absolute atomic E-state index is 6.54. The number of benzene rings is 15. The molecule has 6 aromatic heterocycles. The van der Waals surface area contributed by atoms with Crippen LogP contribution in [0.1, 0.15) is 11.1 Å². The number of aromatic nitrogens is 6. The van der Waals surface area contributed by atoms with Crippen LogP contribution in [0.4, 0.5) is 0 Å². The standard InChI is InChI=1S/C38H29N2PS.C36H25N2PS.C34H23N2PS/c1-26-27(2)34-23-25-36(40-38(34)37-33(26)22-24-35(39-37)28-12-6-3-7-13-28)29-18-20-32(21-19-29)41(42,30-14-8-4-9-15-30)31-16-10-5-11-17-31;40-39(30-12-6-2-7-13-30,31-14-8-3-9-15-31)32-22-18-27(19-23-32)34-25-21-29-17-16-28-20-24-33(26-10-4-1-5-11-26)37-35(28)36(29)38-34;38-37(26-11-3-1-4-12-26,27-13-5-2-6-14-27)28-20-17-25(18-21-28)32-30-16-8-7-15-29(30)31-22-19-24-10-9-23-35-33(24)34(31)36-32/h3-25H,1-2H3;1-25H;1-23H. The molecule has 15 aromatic carbocycles. The Balaban J connectivity index is 0.000000119. The van der Waals surface area contributed by atoms with Gasteiger partial charge >= 0.3 is 0 Å². The van der Waals surface area contributed by atoms with Gasteiger partial charge in [-0.1, -0.05) is 430 Å². The largest absolute Gasteiger partial charge is 0.254 e. The third kappa shape index (κ3) is 14.6. The van der Waals surface area contributed by atoms with Crippen molar-refractivity contribution < 1.29 is 0 Å². The number of aryl methyl sites for hydroxylation is 2. The van der Waals surface area contributed by atoms with Crippen molar-refractivity contribution in [2.45, 2.75) is 13.8 Å². The van der Waals surface area contributed by atoms with Crippen molar-refractivity contribution in [3.05, 3.63) is 442 Å². The first-order valence-corrected chi connectivity index (χ1v) is 48.4. The number of fused-ring (bicyclic) bond motifs is 11. The maximum atomic E-state index is 6.54. The van der Waals surface area contributed by atoms with Gasteiger partial charge < -0.3 is 0 Å². The lowest BCUT2D eigenvalue weighted by molar-refractivity contribution is 1.33. The summed E-state index contributed by atoms with van der Waals surface area (Å²) < 4.78 is 0. The summed E-state index contributed by atoms with van der Waals surface area (Å²) in [5, 5.41) is 19.7. The fraction of sp³-hybridized carbons (Fsp3) is 0.0185. The highest BCUT2D eigenvalue weighted by molar-refractivity contribution is 8.26. The summed E-state index contributed by atoms with van der Waals surface area (Å²) in [5.74, 6) is 0. The van der Waals surface area contributed by atoms with Crippen molar-refractivity contribution in [2.24, 2.45) is 0 Å². The van der Waals surface area contributed by atoms with Crippen LogP contribution in [0.5, 0.6) is 0 Å². The Labute approximate surface area is 713 Å². The average molecular weight is 1650 g/mol. The predicted octanol–water partition coefficient (Wildman–Crippen LogP) is 23.7. The minimum Gasteiger partial charge on any atom is -0.254 e. The van der Waals surface area contributed by atoms with Crippen LogP contribution in [-0.2, 0) is 35.4 Å². The monoisotopic (exact) mass is 1650 g/mol. The van der Waals surface area contributed by atoms with Crippen molar-refractivity contribution in [1.82, 2.24) is 29.9 Å². The molecule has 6 nitrogen and oxygen atoms in total. The molecular formula is C108H77N6P3S3. The fourth-order valence-corrected chi connectivity index (χ4v) is 27.6. The van der Waals surface area contributed by atoms with Crippen LogP contribution in [0.2, 0.25) is 0 Å². The molecule has 0 fully saturated rings. The van der Waals surface area contributed by atoms with Gasteiger partial charge in [0.25, 0.3) is 0 Å². The van der Waals surface area contributed by atoms with E-state index < -0.39 is 18.1 Å². The van der Waals surface area contributed by atoms with Gasteiger partial charge in [-0.05, 0) is 108 Å². The topological polar surface area (TPSA) is 77.3 Å². The molecule has 21 rings (SSSR count). The van der Waals surface area contributed by atoms with Gasteiger partial charge in [-0.15, -0.1) is 0 Å². The molecule has 120 heavy (non-hydrogen) atoms. The molecule has 0 amide bonds. The zero-order valence-electron chi connectivity index (χ0n) is 65.7. The number of nitrogens with zero attached hydrogens (tertiary/aromatic N) is 6. The molecule has 0 atom stereocenters. The van der Waals surface area contributed by atoms with Crippen LogP contribution < -0.4 is 47.7 Å². The highest BCUT2D eigenvalue weighted by Gasteiger charge is 2.29. The molecule has 12 heteroatoms. The van der Waals surface area contributed by atoms with E-state index in [4.69, 9.17) is 65.3 Å². The third-order valence-electron chi connectivity index (χ3n) is 22.8. The Morgan fingerprint density at radius 3 is 0.808 bits per heavy atom. The molecule has 0 spiro atoms. The minimum absolute atomic E-state index is 0.913. The van der Waals surface area contributed by atoms with Crippen molar-refractivity contribution >= 4 is 177 Å². The van der Waals surface area contributed by atoms with E-state index in [1.54, 1.807) is 0 Å². The Hall–Kier alpha value is -13.0. The van der Waals surface area contributed by atoms with E-state index in [0.717, 1.165) is 127 Å². The zero-order valence-corrected chi connectivity index (χ0v) is 70.9. The van der Waals surface area contributed by atoms with Crippen LogP contribution in [0.25, 0.3) is 132 Å². The van der Waals surface area contributed by atoms with Gasteiger partial charge in [-0.2, -0.15) is 0 Å². The van der Waals surface area contributed by atoms with Gasteiger partial charge in [-0.25, -0.2) is 24.9 Å². The van der Waals surface area contributed by atoms with E-state index in [0.29, 0.717) is 0 Å². The maximum Gasteiger partial charge on any atom is 0.0978 e. The zero-order chi connectivity index (χ0) is 81.2. The van der Waals surface area contributed by atoms with Crippen LogP contribution in [0.3, 0.4) is 0 Å². The van der Waals surface area contributed by atoms with E-state index >= 15 is 0 Å². The molecular weight excluding hydrogens is 1570 g/mol. The summed E-state index contributed by atoms with van der Waals surface area (Å²) >= 11 is 19.6. The van der Waals surface area contributed by atoms with E-state index in [1.807, 2.05) is 72.9 Å². The summed E-state index contributed by atoms with van der Waals surface area (Å²) in [4.78, 5) is 30.5. The van der Waals surface area contributed by atoms with Crippen LogP contribution in [-0.4, -0.2) is 29.9 Å². The van der Waals surface area contributed by atoms with Gasteiger partial charge in [0.2, 0.25) is 0 Å². The second kappa shape index (κ2) is 33.4. The molecule has 21 aromatic rings. The number of hydrogen-bond donors (Lipinski definition) is 0. The predicted molar refractivity (Wildman–Crippen MR) is 524 cm³/mol. The third-order valence-corrected chi connectivity index (χ3v) is 37.7. The van der Waals surface area contributed by atoms with Gasteiger partial charge in [0.05, 0.1) is 61.6 Å². The molecule has 0 saturated heterocycles.